The molecule has 0 fully saturated rings. The molecule has 0 aliphatic carbocycles. The zero-order chi connectivity index (χ0) is 22.7. The molecule has 3 aromatic carbocycles. The Hall–Kier alpha value is -4.39. The minimum absolute atomic E-state index is 0.0395. The molecule has 0 atom stereocenters. The summed E-state index contributed by atoms with van der Waals surface area (Å²) < 4.78 is 4.89. The van der Waals surface area contributed by atoms with Crippen molar-refractivity contribution in [2.45, 2.75) is 6.54 Å². The van der Waals surface area contributed by atoms with Gasteiger partial charge in [0.2, 0.25) is 0 Å². The van der Waals surface area contributed by atoms with Gasteiger partial charge in [0.15, 0.2) is 0 Å². The van der Waals surface area contributed by atoms with Crippen LogP contribution in [0.15, 0.2) is 72.9 Å². The first-order valence-corrected chi connectivity index (χ1v) is 9.97. The maximum atomic E-state index is 12.8. The number of ether oxygens (including phenoxy) is 1. The smallest absolute Gasteiger partial charge is 0.337 e. The fourth-order valence-corrected chi connectivity index (χ4v) is 3.62. The molecule has 160 valence electrons. The molecule has 1 aromatic heterocycles. The zero-order valence-electron chi connectivity index (χ0n) is 17.4. The second-order valence-corrected chi connectivity index (χ2v) is 7.33. The molecular formula is C25H22N4O3. The van der Waals surface area contributed by atoms with Crippen LogP contribution in [-0.4, -0.2) is 29.8 Å². The molecule has 0 bridgehead atoms. The fraction of sp³-hybridized carbons (Fsp3) is 0.0800. The van der Waals surface area contributed by atoms with Gasteiger partial charge in [-0.05, 0) is 59.2 Å². The van der Waals surface area contributed by atoms with E-state index in [9.17, 15) is 9.59 Å². The van der Waals surface area contributed by atoms with Gasteiger partial charge in [0.1, 0.15) is 5.84 Å². The van der Waals surface area contributed by atoms with Crippen LogP contribution in [0.2, 0.25) is 0 Å². The lowest BCUT2D eigenvalue weighted by atomic mass is 9.98. The first-order chi connectivity index (χ1) is 15.5. The lowest BCUT2D eigenvalue weighted by Crippen LogP contribution is -2.23. The summed E-state index contributed by atoms with van der Waals surface area (Å²) in [5, 5.41) is 11.4. The number of methoxy groups -OCH3 is 1. The second kappa shape index (κ2) is 8.77. The van der Waals surface area contributed by atoms with E-state index in [1.54, 1.807) is 42.6 Å². The molecule has 0 aliphatic rings. The van der Waals surface area contributed by atoms with E-state index in [2.05, 4.69) is 10.3 Å². The number of aromatic nitrogens is 1. The monoisotopic (exact) mass is 426 g/mol. The average Bonchev–Trinajstić information content (AvgIpc) is 3.31. The molecule has 32 heavy (non-hydrogen) atoms. The highest BCUT2D eigenvalue weighted by atomic mass is 16.5. The number of rotatable bonds is 6. The van der Waals surface area contributed by atoms with Crippen LogP contribution in [0.4, 0.5) is 0 Å². The van der Waals surface area contributed by atoms with Crippen LogP contribution in [0, 0.1) is 5.41 Å². The Kier molecular flexibility index (Phi) is 5.72. The summed E-state index contributed by atoms with van der Waals surface area (Å²) in [5.74, 6) is -0.722. The number of fused-ring (bicyclic) bond motifs is 1. The van der Waals surface area contributed by atoms with E-state index in [1.165, 1.54) is 7.11 Å². The number of carbonyl (C=O) groups excluding carboxylic acids is 2. The number of nitrogen functional groups attached to an aromatic ring is 1. The van der Waals surface area contributed by atoms with Crippen LogP contribution in [0.3, 0.4) is 0 Å². The highest BCUT2D eigenvalue weighted by Crippen LogP contribution is 2.24. The van der Waals surface area contributed by atoms with E-state index < -0.39 is 5.97 Å². The van der Waals surface area contributed by atoms with Gasteiger partial charge in [0, 0.05) is 34.8 Å². The number of nitrogens with one attached hydrogen (secondary N) is 3. The number of esters is 1. The van der Waals surface area contributed by atoms with Crippen molar-refractivity contribution in [2.75, 3.05) is 7.11 Å². The van der Waals surface area contributed by atoms with Crippen molar-refractivity contribution in [2.24, 2.45) is 5.73 Å². The van der Waals surface area contributed by atoms with Crippen LogP contribution in [0.25, 0.3) is 22.0 Å². The molecule has 0 spiro atoms. The summed E-state index contributed by atoms with van der Waals surface area (Å²) in [4.78, 5) is 28.2. The van der Waals surface area contributed by atoms with Gasteiger partial charge in [-0.15, -0.1) is 0 Å². The van der Waals surface area contributed by atoms with E-state index >= 15 is 0 Å². The van der Waals surface area contributed by atoms with Crippen molar-refractivity contribution < 1.29 is 14.3 Å². The standard InChI is InChI=1S/C25H22N4O3/c1-32-25(31)19-11-15(10-18(13-19)16-4-2-5-17(12-16)23(26)27)14-29-24(30)21-6-3-7-22-20(21)8-9-28-22/h2-13,28H,14H2,1H3,(H3,26,27)(H,29,30). The topological polar surface area (TPSA) is 121 Å². The number of carbonyl (C=O) groups is 2. The van der Waals surface area contributed by atoms with Crippen molar-refractivity contribution in [1.29, 1.82) is 5.41 Å². The molecule has 1 heterocycles. The molecule has 1 amide bonds. The number of amidine groups is 1. The molecule has 4 aromatic rings. The van der Waals surface area contributed by atoms with Gasteiger partial charge < -0.3 is 20.8 Å². The Balaban J connectivity index is 1.64. The fourth-order valence-electron chi connectivity index (χ4n) is 3.62. The Labute approximate surface area is 184 Å². The number of hydrogen-bond donors (Lipinski definition) is 4. The number of amides is 1. The van der Waals surface area contributed by atoms with E-state index in [-0.39, 0.29) is 18.3 Å². The minimum Gasteiger partial charge on any atom is -0.465 e. The van der Waals surface area contributed by atoms with Crippen LogP contribution < -0.4 is 11.1 Å². The summed E-state index contributed by atoms with van der Waals surface area (Å²) in [6.45, 7) is 0.226. The third kappa shape index (κ3) is 4.22. The predicted octanol–water partition coefficient (Wildman–Crippen LogP) is 3.84. The van der Waals surface area contributed by atoms with Crippen molar-refractivity contribution in [3.05, 3.63) is 95.2 Å². The molecule has 7 nitrogen and oxygen atoms in total. The molecule has 5 N–H and O–H groups in total. The largest absolute Gasteiger partial charge is 0.465 e. The summed E-state index contributed by atoms with van der Waals surface area (Å²) in [6, 6.07) is 19.9. The van der Waals surface area contributed by atoms with E-state index in [1.807, 2.05) is 30.3 Å². The molecule has 0 aliphatic heterocycles. The maximum absolute atomic E-state index is 12.8. The third-order valence-electron chi connectivity index (χ3n) is 5.21. The maximum Gasteiger partial charge on any atom is 0.337 e. The summed E-state index contributed by atoms with van der Waals surface area (Å²) in [7, 11) is 1.32. The van der Waals surface area contributed by atoms with Gasteiger partial charge in [0.25, 0.3) is 5.91 Å². The van der Waals surface area contributed by atoms with Crippen LogP contribution in [-0.2, 0) is 11.3 Å². The first kappa shape index (κ1) is 20.9. The lowest BCUT2D eigenvalue weighted by Gasteiger charge is -2.12. The van der Waals surface area contributed by atoms with Gasteiger partial charge in [-0.25, -0.2) is 4.79 Å². The van der Waals surface area contributed by atoms with Crippen molar-refractivity contribution >= 4 is 28.6 Å². The molecule has 7 heteroatoms. The second-order valence-electron chi connectivity index (χ2n) is 7.33. The zero-order valence-corrected chi connectivity index (χ0v) is 17.4. The Morgan fingerprint density at radius 3 is 2.56 bits per heavy atom. The summed E-state index contributed by atoms with van der Waals surface area (Å²) >= 11 is 0. The summed E-state index contributed by atoms with van der Waals surface area (Å²) in [6.07, 6.45) is 1.79. The van der Waals surface area contributed by atoms with Crippen LogP contribution >= 0.6 is 0 Å². The molecule has 0 radical (unpaired) electrons. The molecular weight excluding hydrogens is 404 g/mol. The number of H-pyrrole nitrogens is 1. The van der Waals surface area contributed by atoms with E-state index in [0.717, 1.165) is 27.6 Å². The number of nitrogens with two attached hydrogens (primary N) is 1. The minimum atomic E-state index is -0.473. The Bertz CT molecular complexity index is 1340. The highest BCUT2D eigenvalue weighted by Gasteiger charge is 2.14. The van der Waals surface area contributed by atoms with Gasteiger partial charge in [-0.2, -0.15) is 0 Å². The molecule has 0 saturated heterocycles. The number of hydrogen-bond acceptors (Lipinski definition) is 4. The van der Waals surface area contributed by atoms with Gasteiger partial charge in [-0.1, -0.05) is 24.3 Å². The molecule has 0 saturated carbocycles. The first-order valence-electron chi connectivity index (χ1n) is 9.97. The Morgan fingerprint density at radius 1 is 1.00 bits per heavy atom. The van der Waals surface area contributed by atoms with Gasteiger partial charge >= 0.3 is 5.97 Å². The Morgan fingerprint density at radius 2 is 1.78 bits per heavy atom. The van der Waals surface area contributed by atoms with Crippen molar-refractivity contribution in [3.63, 3.8) is 0 Å². The number of aromatic amines is 1. The third-order valence-corrected chi connectivity index (χ3v) is 5.21. The molecule has 4 rings (SSSR count). The highest BCUT2D eigenvalue weighted by molar-refractivity contribution is 6.06. The quantitative estimate of drug-likeness (QED) is 0.213. The normalized spacial score (nSPS) is 10.7. The van der Waals surface area contributed by atoms with Crippen LogP contribution in [0.5, 0.6) is 0 Å². The SMILES string of the molecule is COC(=O)c1cc(CNC(=O)c2cccc3[nH]ccc23)cc(-c2cccc(C(=N)N)c2)c1. The average molecular weight is 426 g/mol. The van der Waals surface area contributed by atoms with Gasteiger partial charge in [-0.3, -0.25) is 10.2 Å². The van der Waals surface area contributed by atoms with Crippen LogP contribution in [0.1, 0.15) is 31.8 Å². The summed E-state index contributed by atoms with van der Waals surface area (Å²) in [5.41, 5.74) is 10.3. The predicted molar refractivity (Wildman–Crippen MR) is 124 cm³/mol. The van der Waals surface area contributed by atoms with E-state index in [0.29, 0.717) is 16.7 Å². The van der Waals surface area contributed by atoms with Crippen molar-refractivity contribution in [3.8, 4) is 11.1 Å². The van der Waals surface area contributed by atoms with Crippen molar-refractivity contribution in [1.82, 2.24) is 10.3 Å². The van der Waals surface area contributed by atoms with E-state index in [4.69, 9.17) is 15.9 Å². The molecule has 0 unspecified atom stereocenters. The lowest BCUT2D eigenvalue weighted by molar-refractivity contribution is 0.0600. The number of benzene rings is 3. The van der Waals surface area contributed by atoms with Gasteiger partial charge in [0.05, 0.1) is 12.7 Å².